The summed E-state index contributed by atoms with van der Waals surface area (Å²) in [4.78, 5) is 8.19. The van der Waals surface area contributed by atoms with Crippen LogP contribution in [0.15, 0.2) is 24.4 Å². The molecule has 0 aliphatic carbocycles. The van der Waals surface area contributed by atoms with Gasteiger partial charge in [0.05, 0.1) is 12.2 Å². The molecule has 2 aromatic heterocycles. The van der Waals surface area contributed by atoms with Gasteiger partial charge in [0.25, 0.3) is 0 Å². The zero-order valence-electron chi connectivity index (χ0n) is 8.88. The molecular weight excluding hydrogens is 204 g/mol. The second-order valence-electron chi connectivity index (χ2n) is 3.29. The Kier molecular flexibility index (Phi) is 2.90. The topological polar surface area (TPSA) is 89.6 Å². The van der Waals surface area contributed by atoms with Crippen molar-refractivity contribution < 1.29 is 0 Å². The van der Waals surface area contributed by atoms with Gasteiger partial charge in [-0.1, -0.05) is 0 Å². The average Bonchev–Trinajstić information content (AvgIpc) is 2.27. The molecule has 6 heteroatoms. The lowest BCUT2D eigenvalue weighted by Crippen LogP contribution is -2.06. The fourth-order valence-electron chi connectivity index (χ4n) is 1.29. The third-order valence-electron chi connectivity index (χ3n) is 1.94. The molecule has 0 amide bonds. The van der Waals surface area contributed by atoms with Crippen molar-refractivity contribution >= 4 is 11.6 Å². The molecular formula is C10H12N6. The normalized spacial score (nSPS) is 10.1. The Morgan fingerprint density at radius 1 is 1.38 bits per heavy atom. The highest BCUT2D eigenvalue weighted by Crippen LogP contribution is 2.08. The first-order valence-corrected chi connectivity index (χ1v) is 4.85. The highest BCUT2D eigenvalue weighted by molar-refractivity contribution is 5.44. The van der Waals surface area contributed by atoms with Crippen LogP contribution in [-0.4, -0.2) is 20.2 Å². The van der Waals surface area contributed by atoms with Crippen LogP contribution in [-0.2, 0) is 6.54 Å². The van der Waals surface area contributed by atoms with Gasteiger partial charge in [-0.25, -0.2) is 9.97 Å². The van der Waals surface area contributed by atoms with E-state index in [-0.39, 0.29) is 0 Å². The van der Waals surface area contributed by atoms with E-state index < -0.39 is 0 Å². The number of nitrogens with zero attached hydrogens (tertiary/aromatic N) is 4. The van der Waals surface area contributed by atoms with Crippen molar-refractivity contribution in [1.29, 1.82) is 0 Å². The molecule has 0 aliphatic rings. The number of hydrogen-bond acceptors (Lipinski definition) is 6. The fraction of sp³-hybridized carbons (Fsp3) is 0.200. The quantitative estimate of drug-likeness (QED) is 0.787. The summed E-state index contributed by atoms with van der Waals surface area (Å²) in [7, 11) is 0. The maximum Gasteiger partial charge on any atom is 0.132 e. The molecule has 0 saturated carbocycles. The van der Waals surface area contributed by atoms with Crippen molar-refractivity contribution in [2.45, 2.75) is 13.5 Å². The minimum Gasteiger partial charge on any atom is -0.384 e. The number of nitrogen functional groups attached to an aromatic ring is 1. The van der Waals surface area contributed by atoms with Crippen LogP contribution >= 0.6 is 0 Å². The Labute approximate surface area is 93.0 Å². The SMILES string of the molecule is Cc1nc(N)cc(NCc2cccnn2)n1. The van der Waals surface area contributed by atoms with Crippen LogP contribution < -0.4 is 11.1 Å². The Hall–Kier alpha value is -2.24. The summed E-state index contributed by atoms with van der Waals surface area (Å²) in [5.74, 6) is 1.78. The van der Waals surface area contributed by atoms with Crippen LogP contribution in [0, 0.1) is 6.92 Å². The second kappa shape index (κ2) is 4.52. The van der Waals surface area contributed by atoms with Crippen molar-refractivity contribution in [3.05, 3.63) is 35.9 Å². The lowest BCUT2D eigenvalue weighted by atomic mass is 10.4. The van der Waals surface area contributed by atoms with Crippen LogP contribution in [0.25, 0.3) is 0 Å². The predicted molar refractivity (Wildman–Crippen MR) is 60.5 cm³/mol. The molecule has 2 aromatic rings. The van der Waals surface area contributed by atoms with Gasteiger partial charge in [0.2, 0.25) is 0 Å². The predicted octanol–water partition coefficient (Wildman–Crippen LogP) is 0.769. The Morgan fingerprint density at radius 2 is 2.25 bits per heavy atom. The zero-order chi connectivity index (χ0) is 11.4. The van der Waals surface area contributed by atoms with E-state index in [1.165, 1.54) is 0 Å². The van der Waals surface area contributed by atoms with Crippen LogP contribution in [0.5, 0.6) is 0 Å². The Balaban J connectivity index is 2.05. The van der Waals surface area contributed by atoms with Gasteiger partial charge < -0.3 is 11.1 Å². The molecule has 0 bridgehead atoms. The minimum absolute atomic E-state index is 0.453. The third-order valence-corrected chi connectivity index (χ3v) is 1.94. The maximum absolute atomic E-state index is 5.61. The van der Waals surface area contributed by atoms with E-state index in [9.17, 15) is 0 Å². The molecule has 0 aromatic carbocycles. The van der Waals surface area contributed by atoms with Gasteiger partial charge in [-0.05, 0) is 19.1 Å². The van der Waals surface area contributed by atoms with E-state index in [2.05, 4.69) is 25.5 Å². The fourth-order valence-corrected chi connectivity index (χ4v) is 1.29. The largest absolute Gasteiger partial charge is 0.384 e. The molecule has 0 radical (unpaired) electrons. The van der Waals surface area contributed by atoms with Gasteiger partial charge in [-0.2, -0.15) is 10.2 Å². The lowest BCUT2D eigenvalue weighted by Gasteiger charge is -2.05. The van der Waals surface area contributed by atoms with Crippen molar-refractivity contribution in [3.63, 3.8) is 0 Å². The average molecular weight is 216 g/mol. The zero-order valence-corrected chi connectivity index (χ0v) is 8.88. The van der Waals surface area contributed by atoms with Crippen molar-refractivity contribution in [2.75, 3.05) is 11.1 Å². The van der Waals surface area contributed by atoms with Crippen molar-refractivity contribution in [3.8, 4) is 0 Å². The maximum atomic E-state index is 5.61. The van der Waals surface area contributed by atoms with Crippen molar-refractivity contribution in [1.82, 2.24) is 20.2 Å². The van der Waals surface area contributed by atoms with Gasteiger partial charge in [0.15, 0.2) is 0 Å². The minimum atomic E-state index is 0.453. The number of nitrogens with two attached hydrogens (primary N) is 1. The lowest BCUT2D eigenvalue weighted by molar-refractivity contribution is 0.916. The molecule has 3 N–H and O–H groups in total. The Bertz CT molecular complexity index is 450. The third kappa shape index (κ3) is 2.63. The van der Waals surface area contributed by atoms with E-state index in [4.69, 9.17) is 5.73 Å². The molecule has 0 saturated heterocycles. The van der Waals surface area contributed by atoms with Gasteiger partial charge in [-0.15, -0.1) is 0 Å². The number of nitrogens with one attached hydrogen (secondary N) is 1. The van der Waals surface area contributed by atoms with Crippen LogP contribution in [0.4, 0.5) is 11.6 Å². The summed E-state index contributed by atoms with van der Waals surface area (Å²) < 4.78 is 0. The number of rotatable bonds is 3. The molecule has 16 heavy (non-hydrogen) atoms. The van der Waals surface area contributed by atoms with E-state index in [1.54, 1.807) is 19.2 Å². The first-order chi connectivity index (χ1) is 7.74. The number of aromatic nitrogens is 4. The first kappa shape index (κ1) is 10.3. The van der Waals surface area contributed by atoms with Crippen LogP contribution in [0.2, 0.25) is 0 Å². The summed E-state index contributed by atoms with van der Waals surface area (Å²) in [6.45, 7) is 2.35. The molecule has 0 fully saturated rings. The highest BCUT2D eigenvalue weighted by atomic mass is 15.1. The van der Waals surface area contributed by atoms with Crippen LogP contribution in [0.3, 0.4) is 0 Å². The van der Waals surface area contributed by atoms with Gasteiger partial charge in [0.1, 0.15) is 17.5 Å². The first-order valence-electron chi connectivity index (χ1n) is 4.85. The summed E-state index contributed by atoms with van der Waals surface area (Å²) >= 11 is 0. The second-order valence-corrected chi connectivity index (χ2v) is 3.29. The van der Waals surface area contributed by atoms with Gasteiger partial charge in [-0.3, -0.25) is 0 Å². The molecule has 0 aliphatic heterocycles. The number of anilines is 2. The summed E-state index contributed by atoms with van der Waals surface area (Å²) in [5.41, 5.74) is 6.45. The molecule has 0 atom stereocenters. The smallest absolute Gasteiger partial charge is 0.132 e. The van der Waals surface area contributed by atoms with E-state index in [0.717, 1.165) is 5.69 Å². The summed E-state index contributed by atoms with van der Waals surface area (Å²) in [6, 6.07) is 5.41. The monoisotopic (exact) mass is 216 g/mol. The molecule has 0 spiro atoms. The standard InChI is InChI=1S/C10H12N6/c1-7-14-9(11)5-10(15-7)12-6-8-3-2-4-13-16-8/h2-5H,6H2,1H3,(H3,11,12,14,15). The molecule has 2 heterocycles. The summed E-state index contributed by atoms with van der Waals surface area (Å²) in [6.07, 6.45) is 1.64. The van der Waals surface area contributed by atoms with E-state index in [1.807, 2.05) is 12.1 Å². The van der Waals surface area contributed by atoms with E-state index >= 15 is 0 Å². The molecule has 6 nitrogen and oxygen atoms in total. The van der Waals surface area contributed by atoms with Crippen molar-refractivity contribution in [2.24, 2.45) is 0 Å². The molecule has 0 unspecified atom stereocenters. The molecule has 2 rings (SSSR count). The number of aryl methyl sites for hydroxylation is 1. The highest BCUT2D eigenvalue weighted by Gasteiger charge is 1.99. The van der Waals surface area contributed by atoms with Gasteiger partial charge >= 0.3 is 0 Å². The van der Waals surface area contributed by atoms with Crippen LogP contribution in [0.1, 0.15) is 11.5 Å². The Morgan fingerprint density at radius 3 is 2.94 bits per heavy atom. The molecule has 82 valence electrons. The number of hydrogen-bond donors (Lipinski definition) is 2. The van der Waals surface area contributed by atoms with E-state index in [0.29, 0.717) is 24.0 Å². The van der Waals surface area contributed by atoms with Gasteiger partial charge in [0, 0.05) is 12.3 Å². The summed E-state index contributed by atoms with van der Waals surface area (Å²) in [5, 5.41) is 10.8.